The SMILES string of the molecule is CC(C)Nc1nc(Nc2cnn(C)c2)nc(-c2ccccc2)n1.[HH].[HH]. The molecule has 2 heterocycles. The molecule has 0 radical (unpaired) electrons. The van der Waals surface area contributed by atoms with E-state index in [2.05, 4.69) is 30.7 Å². The fourth-order valence-corrected chi connectivity index (χ4v) is 2.09. The summed E-state index contributed by atoms with van der Waals surface area (Å²) in [6, 6.07) is 10.1. The summed E-state index contributed by atoms with van der Waals surface area (Å²) in [5, 5.41) is 10.5. The van der Waals surface area contributed by atoms with Crippen molar-refractivity contribution >= 4 is 17.6 Å². The maximum absolute atomic E-state index is 4.51. The van der Waals surface area contributed by atoms with Gasteiger partial charge in [-0.2, -0.15) is 20.1 Å². The van der Waals surface area contributed by atoms with Crippen molar-refractivity contribution < 1.29 is 2.85 Å². The van der Waals surface area contributed by atoms with Gasteiger partial charge in [-0.25, -0.2) is 0 Å². The van der Waals surface area contributed by atoms with E-state index < -0.39 is 0 Å². The van der Waals surface area contributed by atoms with E-state index in [1.807, 2.05) is 57.4 Å². The van der Waals surface area contributed by atoms with Gasteiger partial charge >= 0.3 is 0 Å². The monoisotopic (exact) mass is 313 g/mol. The summed E-state index contributed by atoms with van der Waals surface area (Å²) >= 11 is 0. The van der Waals surface area contributed by atoms with Crippen LogP contribution in [0.25, 0.3) is 11.4 Å². The third kappa shape index (κ3) is 3.82. The number of nitrogens with one attached hydrogen (secondary N) is 2. The summed E-state index contributed by atoms with van der Waals surface area (Å²) in [5.74, 6) is 1.64. The molecule has 0 fully saturated rings. The van der Waals surface area contributed by atoms with Gasteiger partial charge in [0.2, 0.25) is 11.9 Å². The van der Waals surface area contributed by atoms with Crippen molar-refractivity contribution in [2.24, 2.45) is 7.05 Å². The molecule has 0 aliphatic carbocycles. The summed E-state index contributed by atoms with van der Waals surface area (Å²) in [6.07, 6.45) is 3.59. The molecule has 7 heteroatoms. The zero-order valence-corrected chi connectivity index (χ0v) is 13.4. The van der Waals surface area contributed by atoms with Crippen LogP contribution in [0.1, 0.15) is 16.7 Å². The number of hydrogen-bond acceptors (Lipinski definition) is 6. The smallest absolute Gasteiger partial charge is 0.232 e. The van der Waals surface area contributed by atoms with E-state index in [-0.39, 0.29) is 8.90 Å². The summed E-state index contributed by atoms with van der Waals surface area (Å²) in [5.41, 5.74) is 1.77. The van der Waals surface area contributed by atoms with Crippen molar-refractivity contribution in [2.75, 3.05) is 10.6 Å². The molecule has 0 saturated heterocycles. The molecule has 0 amide bonds. The van der Waals surface area contributed by atoms with Gasteiger partial charge in [-0.1, -0.05) is 30.3 Å². The minimum absolute atomic E-state index is 0. The van der Waals surface area contributed by atoms with E-state index in [1.54, 1.807) is 10.9 Å². The Morgan fingerprint density at radius 2 is 1.78 bits per heavy atom. The lowest BCUT2D eigenvalue weighted by Gasteiger charge is -2.11. The molecule has 0 aliphatic heterocycles. The standard InChI is InChI=1S/C16H19N7.2H2/c1-11(2)18-15-20-14(12-7-5-4-6-8-12)21-16(22-15)19-13-9-17-23(3)10-13;;/h4-11H,1-3H3,(H2,18,19,20,21,22);2*1H. The van der Waals surface area contributed by atoms with Crippen LogP contribution < -0.4 is 10.6 Å². The van der Waals surface area contributed by atoms with Crippen molar-refractivity contribution in [3.63, 3.8) is 0 Å². The Hall–Kier alpha value is -2.96. The van der Waals surface area contributed by atoms with Crippen LogP contribution >= 0.6 is 0 Å². The molecule has 1 aromatic carbocycles. The highest BCUT2D eigenvalue weighted by Crippen LogP contribution is 2.20. The molecule has 23 heavy (non-hydrogen) atoms. The number of hydrogen-bond donors (Lipinski definition) is 2. The van der Waals surface area contributed by atoms with Crippen LogP contribution in [0.5, 0.6) is 0 Å². The highest BCUT2D eigenvalue weighted by Gasteiger charge is 2.10. The molecule has 3 aromatic rings. The van der Waals surface area contributed by atoms with Gasteiger partial charge in [0.05, 0.1) is 11.9 Å². The van der Waals surface area contributed by atoms with E-state index in [0.29, 0.717) is 17.7 Å². The first-order chi connectivity index (χ1) is 11.1. The molecule has 0 aliphatic rings. The predicted octanol–water partition coefficient (Wildman–Crippen LogP) is 3.33. The van der Waals surface area contributed by atoms with Crippen molar-refractivity contribution in [1.82, 2.24) is 24.7 Å². The lowest BCUT2D eigenvalue weighted by Crippen LogP contribution is -2.14. The highest BCUT2D eigenvalue weighted by molar-refractivity contribution is 5.60. The van der Waals surface area contributed by atoms with Crippen LogP contribution in [0.2, 0.25) is 0 Å². The van der Waals surface area contributed by atoms with Gasteiger partial charge < -0.3 is 10.6 Å². The Kier molecular flexibility index (Phi) is 4.18. The molecule has 7 nitrogen and oxygen atoms in total. The average molecular weight is 313 g/mol. The Morgan fingerprint density at radius 1 is 1.04 bits per heavy atom. The molecule has 0 atom stereocenters. The average Bonchev–Trinajstić information content (AvgIpc) is 2.92. The second-order valence-corrected chi connectivity index (χ2v) is 5.50. The van der Waals surface area contributed by atoms with Crippen LogP contribution in [0.4, 0.5) is 17.6 Å². The number of rotatable bonds is 5. The van der Waals surface area contributed by atoms with Gasteiger partial charge in [0, 0.05) is 27.7 Å². The Morgan fingerprint density at radius 3 is 2.43 bits per heavy atom. The maximum Gasteiger partial charge on any atom is 0.232 e. The van der Waals surface area contributed by atoms with Gasteiger partial charge in [0.1, 0.15) is 0 Å². The zero-order valence-electron chi connectivity index (χ0n) is 13.4. The normalized spacial score (nSPS) is 10.8. The lowest BCUT2D eigenvalue weighted by molar-refractivity contribution is 0.768. The minimum atomic E-state index is 0. The third-order valence-corrected chi connectivity index (χ3v) is 3.05. The van der Waals surface area contributed by atoms with Crippen molar-refractivity contribution in [3.05, 3.63) is 42.7 Å². The largest absolute Gasteiger partial charge is 0.352 e. The van der Waals surface area contributed by atoms with E-state index in [0.717, 1.165) is 11.3 Å². The van der Waals surface area contributed by atoms with Crippen molar-refractivity contribution in [3.8, 4) is 11.4 Å². The second-order valence-electron chi connectivity index (χ2n) is 5.50. The van der Waals surface area contributed by atoms with E-state index >= 15 is 0 Å². The van der Waals surface area contributed by atoms with E-state index in [9.17, 15) is 0 Å². The predicted molar refractivity (Wildman–Crippen MR) is 94.7 cm³/mol. The molecule has 0 unspecified atom stereocenters. The third-order valence-electron chi connectivity index (χ3n) is 3.05. The second kappa shape index (κ2) is 6.43. The number of aromatic nitrogens is 5. The number of aryl methyl sites for hydroxylation is 1. The van der Waals surface area contributed by atoms with Gasteiger partial charge in [-0.3, -0.25) is 4.68 Å². The van der Waals surface area contributed by atoms with Crippen LogP contribution in [-0.2, 0) is 7.05 Å². The summed E-state index contributed by atoms with van der Waals surface area (Å²) in [6.45, 7) is 4.08. The van der Waals surface area contributed by atoms with Crippen LogP contribution in [-0.4, -0.2) is 30.8 Å². The molecule has 3 rings (SSSR count). The van der Waals surface area contributed by atoms with Gasteiger partial charge in [-0.05, 0) is 13.8 Å². The van der Waals surface area contributed by atoms with Crippen molar-refractivity contribution in [1.29, 1.82) is 0 Å². The summed E-state index contributed by atoms with van der Waals surface area (Å²) in [4.78, 5) is 13.4. The van der Waals surface area contributed by atoms with Gasteiger partial charge in [-0.15, -0.1) is 0 Å². The minimum Gasteiger partial charge on any atom is -0.352 e. The zero-order chi connectivity index (χ0) is 16.2. The molecule has 0 spiro atoms. The molecular formula is C16H23N7. The Bertz CT molecular complexity index is 790. The Balaban J connectivity index is 0.00000156. The van der Waals surface area contributed by atoms with Crippen LogP contribution in [0.3, 0.4) is 0 Å². The molecule has 2 N–H and O–H groups in total. The quantitative estimate of drug-likeness (QED) is 0.752. The van der Waals surface area contributed by atoms with Gasteiger partial charge in [0.15, 0.2) is 5.82 Å². The van der Waals surface area contributed by atoms with Gasteiger partial charge in [0.25, 0.3) is 0 Å². The summed E-state index contributed by atoms with van der Waals surface area (Å²) < 4.78 is 1.72. The first-order valence-corrected chi connectivity index (χ1v) is 7.44. The number of anilines is 3. The van der Waals surface area contributed by atoms with Crippen LogP contribution in [0.15, 0.2) is 42.7 Å². The first kappa shape index (κ1) is 15.0. The first-order valence-electron chi connectivity index (χ1n) is 7.44. The number of benzene rings is 1. The molecular weight excluding hydrogens is 290 g/mol. The van der Waals surface area contributed by atoms with E-state index in [1.165, 1.54) is 0 Å². The molecule has 122 valence electrons. The molecule has 0 saturated carbocycles. The molecule has 0 bridgehead atoms. The van der Waals surface area contributed by atoms with E-state index in [4.69, 9.17) is 0 Å². The molecule has 2 aromatic heterocycles. The number of nitrogens with zero attached hydrogens (tertiary/aromatic N) is 5. The maximum atomic E-state index is 4.51. The highest BCUT2D eigenvalue weighted by atomic mass is 15.3. The fourth-order valence-electron chi connectivity index (χ4n) is 2.09. The fraction of sp³-hybridized carbons (Fsp3) is 0.250. The van der Waals surface area contributed by atoms with Crippen LogP contribution in [0, 0.1) is 0 Å². The topological polar surface area (TPSA) is 80.5 Å². The van der Waals surface area contributed by atoms with Crippen molar-refractivity contribution in [2.45, 2.75) is 19.9 Å². The lowest BCUT2D eigenvalue weighted by atomic mass is 10.2. The summed E-state index contributed by atoms with van der Waals surface area (Å²) in [7, 11) is 1.86. The Labute approximate surface area is 137 Å².